The molecule has 0 saturated carbocycles. The molecule has 1 aliphatic heterocycles. The number of hydrogen-bond donors (Lipinski definition) is 1. The summed E-state index contributed by atoms with van der Waals surface area (Å²) in [6, 6.07) is 2.10. The maximum atomic E-state index is 5.51. The van der Waals surface area contributed by atoms with E-state index in [2.05, 4.69) is 28.1 Å². The van der Waals surface area contributed by atoms with Crippen molar-refractivity contribution < 1.29 is 4.42 Å². The van der Waals surface area contributed by atoms with Gasteiger partial charge in [0.1, 0.15) is 5.76 Å². The van der Waals surface area contributed by atoms with Gasteiger partial charge in [0.15, 0.2) is 0 Å². The molecule has 4 nitrogen and oxygen atoms in total. The molecule has 1 saturated heterocycles. The highest BCUT2D eigenvalue weighted by Gasteiger charge is 2.17. The molecule has 0 bridgehead atoms. The first-order chi connectivity index (χ1) is 8.83. The zero-order chi connectivity index (χ0) is 12.8. The molecule has 2 heterocycles. The molecule has 0 amide bonds. The zero-order valence-corrected chi connectivity index (χ0v) is 11.6. The van der Waals surface area contributed by atoms with E-state index < -0.39 is 0 Å². The van der Waals surface area contributed by atoms with Crippen molar-refractivity contribution in [1.82, 2.24) is 15.1 Å². The van der Waals surface area contributed by atoms with E-state index >= 15 is 0 Å². The van der Waals surface area contributed by atoms with Crippen LogP contribution in [0.3, 0.4) is 0 Å². The van der Waals surface area contributed by atoms with Crippen LogP contribution in [0.2, 0.25) is 0 Å². The zero-order valence-electron chi connectivity index (χ0n) is 11.6. The fourth-order valence-corrected chi connectivity index (χ4v) is 2.55. The molecule has 0 radical (unpaired) electrons. The summed E-state index contributed by atoms with van der Waals surface area (Å²) >= 11 is 0. The first-order valence-corrected chi connectivity index (χ1v) is 6.98. The van der Waals surface area contributed by atoms with Crippen LogP contribution in [0.1, 0.15) is 24.7 Å². The first-order valence-electron chi connectivity index (χ1n) is 6.98. The van der Waals surface area contributed by atoms with Gasteiger partial charge in [0.2, 0.25) is 0 Å². The van der Waals surface area contributed by atoms with Gasteiger partial charge < -0.3 is 14.6 Å². The Balaban J connectivity index is 1.82. The molecule has 2 rings (SSSR count). The molecule has 1 fully saturated rings. The molecule has 0 aromatic carbocycles. The fourth-order valence-electron chi connectivity index (χ4n) is 2.55. The highest BCUT2D eigenvalue weighted by Crippen LogP contribution is 2.14. The van der Waals surface area contributed by atoms with Crippen LogP contribution in [0.25, 0.3) is 0 Å². The third kappa shape index (κ3) is 3.57. The molecule has 0 aliphatic carbocycles. The molecule has 0 atom stereocenters. The van der Waals surface area contributed by atoms with Crippen LogP contribution in [0.5, 0.6) is 0 Å². The normalized spacial score (nSPS) is 18.3. The largest absolute Gasteiger partial charge is 0.468 e. The van der Waals surface area contributed by atoms with Gasteiger partial charge in [-0.25, -0.2) is 0 Å². The smallest absolute Gasteiger partial charge is 0.122 e. The minimum Gasteiger partial charge on any atom is -0.468 e. The van der Waals surface area contributed by atoms with Gasteiger partial charge in [-0.15, -0.1) is 0 Å². The summed E-state index contributed by atoms with van der Waals surface area (Å²) in [7, 11) is 1.95. The number of hydrogen-bond acceptors (Lipinski definition) is 4. The van der Waals surface area contributed by atoms with Gasteiger partial charge in [-0.2, -0.15) is 0 Å². The lowest BCUT2D eigenvalue weighted by Gasteiger charge is -2.34. The molecule has 1 aromatic rings. The van der Waals surface area contributed by atoms with Crippen LogP contribution >= 0.6 is 0 Å². The minimum atomic E-state index is 0.818. The van der Waals surface area contributed by atoms with Gasteiger partial charge in [-0.1, -0.05) is 6.92 Å². The number of nitrogens with zero attached hydrogens (tertiary/aromatic N) is 2. The summed E-state index contributed by atoms with van der Waals surface area (Å²) in [6.45, 7) is 10.1. The maximum absolute atomic E-state index is 5.51. The Morgan fingerprint density at radius 1 is 1.22 bits per heavy atom. The maximum Gasteiger partial charge on any atom is 0.122 e. The molecule has 4 heteroatoms. The number of piperazine rings is 1. The summed E-state index contributed by atoms with van der Waals surface area (Å²) in [5, 5.41) is 3.15. The lowest BCUT2D eigenvalue weighted by Crippen LogP contribution is -2.46. The number of rotatable bonds is 6. The van der Waals surface area contributed by atoms with Crippen molar-refractivity contribution in [3.63, 3.8) is 0 Å². The highest BCUT2D eigenvalue weighted by molar-refractivity contribution is 5.16. The predicted molar refractivity (Wildman–Crippen MR) is 73.5 cm³/mol. The van der Waals surface area contributed by atoms with Crippen molar-refractivity contribution in [3.8, 4) is 0 Å². The van der Waals surface area contributed by atoms with Gasteiger partial charge in [0.05, 0.1) is 12.8 Å². The molecule has 1 N–H and O–H groups in total. The van der Waals surface area contributed by atoms with E-state index in [1.165, 1.54) is 44.7 Å². The molecular formula is C14H25N3O. The van der Waals surface area contributed by atoms with E-state index in [0.29, 0.717) is 0 Å². The van der Waals surface area contributed by atoms with E-state index in [1.54, 1.807) is 6.26 Å². The van der Waals surface area contributed by atoms with Crippen LogP contribution in [0.15, 0.2) is 16.7 Å². The Kier molecular flexibility index (Phi) is 5.23. The second-order valence-corrected chi connectivity index (χ2v) is 5.02. The van der Waals surface area contributed by atoms with Crippen LogP contribution < -0.4 is 5.32 Å². The van der Waals surface area contributed by atoms with Gasteiger partial charge in [-0.05, 0) is 26.1 Å². The fraction of sp³-hybridized carbons (Fsp3) is 0.714. The Bertz CT molecular complexity index is 343. The van der Waals surface area contributed by atoms with Crippen molar-refractivity contribution >= 4 is 0 Å². The summed E-state index contributed by atoms with van der Waals surface area (Å²) < 4.78 is 5.51. The van der Waals surface area contributed by atoms with E-state index in [9.17, 15) is 0 Å². The SMILES string of the molecule is CCCN1CCN(Cc2ccoc2CNC)CC1. The van der Waals surface area contributed by atoms with Gasteiger partial charge in [0.25, 0.3) is 0 Å². The standard InChI is InChI=1S/C14H25N3O/c1-3-5-16-6-8-17(9-7-16)12-13-4-10-18-14(13)11-15-2/h4,10,15H,3,5-9,11-12H2,1-2H3. The Labute approximate surface area is 110 Å². The second-order valence-electron chi connectivity index (χ2n) is 5.02. The lowest BCUT2D eigenvalue weighted by molar-refractivity contribution is 0.127. The third-order valence-electron chi connectivity index (χ3n) is 3.57. The summed E-state index contributed by atoms with van der Waals surface area (Å²) in [5.74, 6) is 1.08. The molecule has 102 valence electrons. The average molecular weight is 251 g/mol. The molecule has 0 unspecified atom stereocenters. The first kappa shape index (κ1) is 13.6. The summed E-state index contributed by atoms with van der Waals surface area (Å²) in [5.41, 5.74) is 1.33. The Hall–Kier alpha value is -0.840. The quantitative estimate of drug-likeness (QED) is 0.831. The van der Waals surface area contributed by atoms with E-state index in [0.717, 1.165) is 18.8 Å². The van der Waals surface area contributed by atoms with Gasteiger partial charge in [-0.3, -0.25) is 4.90 Å². The van der Waals surface area contributed by atoms with Crippen molar-refractivity contribution in [2.24, 2.45) is 0 Å². The van der Waals surface area contributed by atoms with Gasteiger partial charge in [0, 0.05) is 38.3 Å². The topological polar surface area (TPSA) is 31.6 Å². The van der Waals surface area contributed by atoms with E-state index in [1.807, 2.05) is 7.05 Å². The molecule has 18 heavy (non-hydrogen) atoms. The van der Waals surface area contributed by atoms with Crippen molar-refractivity contribution in [2.45, 2.75) is 26.4 Å². The molecule has 1 aliphatic rings. The van der Waals surface area contributed by atoms with Crippen LogP contribution in [-0.4, -0.2) is 49.6 Å². The predicted octanol–water partition coefficient (Wildman–Crippen LogP) is 1.53. The van der Waals surface area contributed by atoms with Crippen LogP contribution in [0, 0.1) is 0 Å². The second kappa shape index (κ2) is 6.92. The van der Waals surface area contributed by atoms with Crippen molar-refractivity contribution in [3.05, 3.63) is 23.7 Å². The summed E-state index contributed by atoms with van der Waals surface area (Å²) in [4.78, 5) is 5.08. The lowest BCUT2D eigenvalue weighted by atomic mass is 10.2. The minimum absolute atomic E-state index is 0.818. The average Bonchev–Trinajstić information content (AvgIpc) is 2.80. The Morgan fingerprint density at radius 3 is 2.61 bits per heavy atom. The van der Waals surface area contributed by atoms with E-state index in [-0.39, 0.29) is 0 Å². The van der Waals surface area contributed by atoms with E-state index in [4.69, 9.17) is 4.42 Å². The molecule has 0 spiro atoms. The monoisotopic (exact) mass is 251 g/mol. The molecular weight excluding hydrogens is 226 g/mol. The van der Waals surface area contributed by atoms with Crippen LogP contribution in [-0.2, 0) is 13.1 Å². The third-order valence-corrected chi connectivity index (χ3v) is 3.57. The van der Waals surface area contributed by atoms with Crippen molar-refractivity contribution in [1.29, 1.82) is 0 Å². The number of furan rings is 1. The Morgan fingerprint density at radius 2 is 1.94 bits per heavy atom. The molecule has 1 aromatic heterocycles. The summed E-state index contributed by atoms with van der Waals surface area (Å²) in [6.07, 6.45) is 3.06. The van der Waals surface area contributed by atoms with Crippen LogP contribution in [0.4, 0.5) is 0 Å². The van der Waals surface area contributed by atoms with Crippen molar-refractivity contribution in [2.75, 3.05) is 39.8 Å². The van der Waals surface area contributed by atoms with Gasteiger partial charge >= 0.3 is 0 Å². The number of nitrogens with one attached hydrogen (secondary N) is 1. The highest BCUT2D eigenvalue weighted by atomic mass is 16.3.